The third-order valence-electron chi connectivity index (χ3n) is 3.75. The van der Waals surface area contributed by atoms with E-state index in [0.717, 1.165) is 43.5 Å². The number of likely N-dealkylation sites (N-methyl/N-ethyl adjacent to an activating group) is 1. The molecule has 1 N–H and O–H groups in total. The van der Waals surface area contributed by atoms with E-state index in [4.69, 9.17) is 0 Å². The quantitative estimate of drug-likeness (QED) is 0.885. The van der Waals surface area contributed by atoms with Crippen molar-refractivity contribution < 1.29 is 4.79 Å². The van der Waals surface area contributed by atoms with Gasteiger partial charge in [0.1, 0.15) is 0 Å². The molecule has 1 saturated heterocycles. The summed E-state index contributed by atoms with van der Waals surface area (Å²) >= 11 is 0. The number of carbonyl (C=O) groups excluding carboxylic acids is 1. The van der Waals surface area contributed by atoms with E-state index in [1.165, 1.54) is 0 Å². The number of carbonyl (C=O) groups is 1. The van der Waals surface area contributed by atoms with Gasteiger partial charge in [-0.25, -0.2) is 0 Å². The third kappa shape index (κ3) is 2.72. The lowest BCUT2D eigenvalue weighted by atomic mass is 10.0. The van der Waals surface area contributed by atoms with Crippen LogP contribution in [0, 0.1) is 0 Å². The Kier molecular flexibility index (Phi) is 4.37. The molecule has 18 heavy (non-hydrogen) atoms. The smallest absolute Gasteiger partial charge is 0.254 e. The van der Waals surface area contributed by atoms with Crippen molar-refractivity contribution in [3.8, 4) is 0 Å². The fourth-order valence-electron chi connectivity index (χ4n) is 2.60. The maximum Gasteiger partial charge on any atom is 0.254 e. The van der Waals surface area contributed by atoms with E-state index in [-0.39, 0.29) is 5.91 Å². The van der Waals surface area contributed by atoms with Gasteiger partial charge in [-0.3, -0.25) is 4.79 Å². The highest BCUT2D eigenvalue weighted by Gasteiger charge is 2.24. The number of piperidine rings is 1. The summed E-state index contributed by atoms with van der Waals surface area (Å²) in [5.74, 6) is 0.187. The van der Waals surface area contributed by atoms with Gasteiger partial charge >= 0.3 is 0 Å². The number of benzene rings is 1. The zero-order valence-electron chi connectivity index (χ0n) is 11.3. The van der Waals surface area contributed by atoms with Gasteiger partial charge in [0.05, 0.1) is 0 Å². The Morgan fingerprint density at radius 3 is 2.94 bits per heavy atom. The maximum atomic E-state index is 12.5. The molecular formula is C15H22N2O. The average molecular weight is 246 g/mol. The molecule has 0 aromatic heterocycles. The van der Waals surface area contributed by atoms with E-state index in [2.05, 4.69) is 12.2 Å². The standard InChI is InChI=1S/C15H22N2O/c1-3-12-7-4-5-9-14(12)15(18)17-10-6-8-13(11-17)16-2/h4-5,7,9,13,16H,3,6,8,10-11H2,1-2H3. The molecule has 1 aromatic carbocycles. The zero-order valence-corrected chi connectivity index (χ0v) is 11.3. The van der Waals surface area contributed by atoms with E-state index >= 15 is 0 Å². The lowest BCUT2D eigenvalue weighted by molar-refractivity contribution is 0.0697. The Balaban J connectivity index is 2.15. The molecule has 1 unspecified atom stereocenters. The Morgan fingerprint density at radius 1 is 1.44 bits per heavy atom. The van der Waals surface area contributed by atoms with Crippen molar-refractivity contribution in [3.05, 3.63) is 35.4 Å². The minimum Gasteiger partial charge on any atom is -0.337 e. The molecule has 1 aromatic rings. The topological polar surface area (TPSA) is 32.3 Å². The number of likely N-dealkylation sites (tertiary alicyclic amines) is 1. The zero-order chi connectivity index (χ0) is 13.0. The van der Waals surface area contributed by atoms with Gasteiger partial charge in [0, 0.05) is 24.7 Å². The van der Waals surface area contributed by atoms with Gasteiger partial charge in [-0.2, -0.15) is 0 Å². The van der Waals surface area contributed by atoms with E-state index < -0.39 is 0 Å². The van der Waals surface area contributed by atoms with Gasteiger partial charge in [0.15, 0.2) is 0 Å². The van der Waals surface area contributed by atoms with Crippen LogP contribution in [-0.4, -0.2) is 37.0 Å². The molecule has 1 fully saturated rings. The molecule has 3 heteroatoms. The van der Waals surface area contributed by atoms with Crippen LogP contribution < -0.4 is 5.32 Å². The lowest BCUT2D eigenvalue weighted by Gasteiger charge is -2.33. The maximum absolute atomic E-state index is 12.5. The molecular weight excluding hydrogens is 224 g/mol. The van der Waals surface area contributed by atoms with E-state index in [0.29, 0.717) is 6.04 Å². The second-order valence-corrected chi connectivity index (χ2v) is 4.89. The number of nitrogens with one attached hydrogen (secondary N) is 1. The molecule has 0 radical (unpaired) electrons. The fraction of sp³-hybridized carbons (Fsp3) is 0.533. The van der Waals surface area contributed by atoms with Gasteiger partial charge in [0.25, 0.3) is 5.91 Å². The highest BCUT2D eigenvalue weighted by atomic mass is 16.2. The molecule has 0 aliphatic carbocycles. The first kappa shape index (κ1) is 13.1. The largest absolute Gasteiger partial charge is 0.337 e. The normalized spacial score (nSPS) is 19.9. The Hall–Kier alpha value is -1.35. The number of aryl methyl sites for hydroxylation is 1. The van der Waals surface area contributed by atoms with Crippen molar-refractivity contribution >= 4 is 5.91 Å². The summed E-state index contributed by atoms with van der Waals surface area (Å²) in [5, 5.41) is 3.27. The summed E-state index contributed by atoms with van der Waals surface area (Å²) in [6.45, 7) is 3.81. The Labute approximate surface area is 109 Å². The van der Waals surface area contributed by atoms with Crippen molar-refractivity contribution in [1.82, 2.24) is 10.2 Å². The fourth-order valence-corrected chi connectivity index (χ4v) is 2.60. The minimum atomic E-state index is 0.187. The first-order chi connectivity index (χ1) is 8.76. The summed E-state index contributed by atoms with van der Waals surface area (Å²) in [6.07, 6.45) is 3.16. The SMILES string of the molecule is CCc1ccccc1C(=O)N1CCCC(NC)C1. The highest BCUT2D eigenvalue weighted by molar-refractivity contribution is 5.95. The van der Waals surface area contributed by atoms with Crippen LogP contribution in [0.3, 0.4) is 0 Å². The number of hydrogen-bond donors (Lipinski definition) is 1. The van der Waals surface area contributed by atoms with Crippen molar-refractivity contribution in [3.63, 3.8) is 0 Å². The van der Waals surface area contributed by atoms with Crippen molar-refractivity contribution in [1.29, 1.82) is 0 Å². The van der Waals surface area contributed by atoms with Crippen LogP contribution in [-0.2, 0) is 6.42 Å². The van der Waals surface area contributed by atoms with Crippen molar-refractivity contribution in [2.75, 3.05) is 20.1 Å². The Morgan fingerprint density at radius 2 is 2.22 bits per heavy atom. The molecule has 1 aliphatic rings. The highest BCUT2D eigenvalue weighted by Crippen LogP contribution is 2.16. The van der Waals surface area contributed by atoms with Crippen LogP contribution >= 0.6 is 0 Å². The molecule has 0 bridgehead atoms. The molecule has 2 rings (SSSR count). The molecule has 1 amide bonds. The van der Waals surface area contributed by atoms with E-state index in [1.807, 2.05) is 36.2 Å². The first-order valence-corrected chi connectivity index (χ1v) is 6.80. The summed E-state index contributed by atoms with van der Waals surface area (Å²) in [6, 6.07) is 8.39. The van der Waals surface area contributed by atoms with Crippen LogP contribution in [0.2, 0.25) is 0 Å². The molecule has 0 saturated carbocycles. The Bertz CT molecular complexity index is 417. The van der Waals surface area contributed by atoms with Crippen molar-refractivity contribution in [2.45, 2.75) is 32.2 Å². The summed E-state index contributed by atoms with van der Waals surface area (Å²) in [4.78, 5) is 14.5. The molecule has 3 nitrogen and oxygen atoms in total. The van der Waals surface area contributed by atoms with Crippen LogP contribution in [0.15, 0.2) is 24.3 Å². The molecule has 98 valence electrons. The second kappa shape index (κ2) is 6.01. The minimum absolute atomic E-state index is 0.187. The van der Waals surface area contributed by atoms with Gasteiger partial charge in [-0.05, 0) is 37.9 Å². The summed E-state index contributed by atoms with van der Waals surface area (Å²) in [7, 11) is 1.97. The van der Waals surface area contributed by atoms with Crippen LogP contribution in [0.4, 0.5) is 0 Å². The lowest BCUT2D eigenvalue weighted by Crippen LogP contribution is -2.47. The number of nitrogens with zero attached hydrogens (tertiary/aromatic N) is 1. The molecule has 1 aliphatic heterocycles. The average Bonchev–Trinajstić information content (AvgIpc) is 2.46. The molecule has 1 heterocycles. The third-order valence-corrected chi connectivity index (χ3v) is 3.75. The summed E-state index contributed by atoms with van der Waals surface area (Å²) < 4.78 is 0. The van der Waals surface area contributed by atoms with Gasteiger partial charge in [-0.15, -0.1) is 0 Å². The van der Waals surface area contributed by atoms with E-state index in [1.54, 1.807) is 0 Å². The first-order valence-electron chi connectivity index (χ1n) is 6.80. The predicted octanol–water partition coefficient (Wildman–Crippen LogP) is 2.07. The molecule has 0 spiro atoms. The number of hydrogen-bond acceptors (Lipinski definition) is 2. The number of rotatable bonds is 3. The van der Waals surface area contributed by atoms with Gasteiger partial charge < -0.3 is 10.2 Å². The predicted molar refractivity (Wildman–Crippen MR) is 73.8 cm³/mol. The van der Waals surface area contributed by atoms with Gasteiger partial charge in [-0.1, -0.05) is 25.1 Å². The van der Waals surface area contributed by atoms with Crippen LogP contribution in [0.5, 0.6) is 0 Å². The van der Waals surface area contributed by atoms with Crippen LogP contribution in [0.1, 0.15) is 35.7 Å². The summed E-state index contributed by atoms with van der Waals surface area (Å²) in [5.41, 5.74) is 2.02. The second-order valence-electron chi connectivity index (χ2n) is 4.89. The molecule has 1 atom stereocenters. The van der Waals surface area contributed by atoms with E-state index in [9.17, 15) is 4.79 Å². The van der Waals surface area contributed by atoms with Crippen molar-refractivity contribution in [2.24, 2.45) is 0 Å². The number of amides is 1. The van der Waals surface area contributed by atoms with Gasteiger partial charge in [0.2, 0.25) is 0 Å². The monoisotopic (exact) mass is 246 g/mol. The van der Waals surface area contributed by atoms with Crippen LogP contribution in [0.25, 0.3) is 0 Å².